The Bertz CT molecular complexity index is 1400. The highest BCUT2D eigenvalue weighted by Gasteiger charge is 2.17. The molecule has 0 aliphatic carbocycles. The molecule has 0 unspecified atom stereocenters. The van der Waals surface area contributed by atoms with Gasteiger partial charge in [0.25, 0.3) is 5.56 Å². The first kappa shape index (κ1) is 27.0. The van der Waals surface area contributed by atoms with Crippen molar-refractivity contribution in [3.63, 3.8) is 0 Å². The smallest absolute Gasteiger partial charge is 0.277 e. The Morgan fingerprint density at radius 3 is 2.61 bits per heavy atom. The lowest BCUT2D eigenvalue weighted by atomic mass is 10.0. The fourth-order valence-corrected chi connectivity index (χ4v) is 3.38. The average molecular weight is 516 g/mol. The molecular formula is C26H28ClF2N5O2. The Balaban J connectivity index is 1.95. The summed E-state index contributed by atoms with van der Waals surface area (Å²) in [4.78, 5) is 25.8. The van der Waals surface area contributed by atoms with Gasteiger partial charge in [0, 0.05) is 30.2 Å². The largest absolute Gasteiger partial charge is 0.485 e. The molecule has 0 saturated heterocycles. The summed E-state index contributed by atoms with van der Waals surface area (Å²) < 4.78 is 33.9. The van der Waals surface area contributed by atoms with Gasteiger partial charge in [-0.15, -0.1) is 0 Å². The van der Waals surface area contributed by atoms with Crippen LogP contribution in [0.25, 0.3) is 11.4 Å². The van der Waals surface area contributed by atoms with Crippen LogP contribution in [0.3, 0.4) is 0 Å². The lowest BCUT2D eigenvalue weighted by Gasteiger charge is -2.17. The molecule has 3 heterocycles. The van der Waals surface area contributed by atoms with Crippen LogP contribution in [0.15, 0.2) is 46.5 Å². The molecule has 190 valence electrons. The molecule has 0 radical (unpaired) electrons. The van der Waals surface area contributed by atoms with Gasteiger partial charge in [0.05, 0.1) is 28.8 Å². The molecule has 0 aliphatic heterocycles. The third-order valence-corrected chi connectivity index (χ3v) is 6.05. The van der Waals surface area contributed by atoms with E-state index in [1.54, 1.807) is 37.5 Å². The summed E-state index contributed by atoms with van der Waals surface area (Å²) >= 11 is 6.33. The van der Waals surface area contributed by atoms with E-state index in [4.69, 9.17) is 22.1 Å². The van der Waals surface area contributed by atoms with E-state index in [1.807, 2.05) is 20.8 Å². The van der Waals surface area contributed by atoms with Gasteiger partial charge < -0.3 is 10.5 Å². The minimum absolute atomic E-state index is 0.0574. The van der Waals surface area contributed by atoms with Crippen molar-refractivity contribution in [3.8, 4) is 11.4 Å². The maximum Gasteiger partial charge on any atom is 0.277 e. The Morgan fingerprint density at radius 1 is 1.22 bits per heavy atom. The third-order valence-electron chi connectivity index (χ3n) is 5.70. The number of pyridine rings is 3. The monoisotopic (exact) mass is 515 g/mol. The standard InChI is InChI=1S/C26H28ClF2N5O2/c1-6-26(4,5)33-8-7-19(30)20-11-22(15(2)12-31-20)34-16(3)9-23(24(27)25(34)35)36-14-21-18(29)10-17(28)13-32-21/h7-13H,6,14,30H2,1-5H3. The molecule has 10 heteroatoms. The normalized spacial score (nSPS) is 12.4. The zero-order valence-electron chi connectivity index (χ0n) is 20.8. The van der Waals surface area contributed by atoms with Crippen molar-refractivity contribution in [1.82, 2.24) is 14.5 Å². The molecule has 3 rings (SSSR count). The molecule has 7 nitrogen and oxygen atoms in total. The zero-order valence-corrected chi connectivity index (χ0v) is 21.5. The number of rotatable bonds is 8. The van der Waals surface area contributed by atoms with Gasteiger partial charge in [-0.2, -0.15) is 0 Å². The summed E-state index contributed by atoms with van der Waals surface area (Å²) in [6, 6.07) is 3.96. The fraction of sp³-hybridized carbons (Fsp3) is 0.308. The lowest BCUT2D eigenvalue weighted by Crippen LogP contribution is -2.23. The van der Waals surface area contributed by atoms with Crippen LogP contribution in [0.5, 0.6) is 5.75 Å². The molecule has 0 spiro atoms. The first-order valence-electron chi connectivity index (χ1n) is 11.3. The first-order chi connectivity index (χ1) is 16.9. The summed E-state index contributed by atoms with van der Waals surface area (Å²) in [7, 11) is 0. The van der Waals surface area contributed by atoms with Gasteiger partial charge in [0.2, 0.25) is 0 Å². The van der Waals surface area contributed by atoms with Crippen LogP contribution in [0, 0.1) is 25.5 Å². The number of nitrogens with zero attached hydrogens (tertiary/aromatic N) is 4. The minimum Gasteiger partial charge on any atom is -0.485 e. The number of aromatic nitrogens is 3. The summed E-state index contributed by atoms with van der Waals surface area (Å²) in [5, 5.41) is -0.196. The van der Waals surface area contributed by atoms with Gasteiger partial charge >= 0.3 is 0 Å². The molecular weight excluding hydrogens is 488 g/mol. The van der Waals surface area contributed by atoms with Crippen LogP contribution < -0.4 is 16.0 Å². The van der Waals surface area contributed by atoms with Crippen LogP contribution in [0.1, 0.15) is 49.8 Å². The number of aliphatic imine (C=N–C) groups is 1. The van der Waals surface area contributed by atoms with E-state index in [9.17, 15) is 13.6 Å². The maximum atomic E-state index is 13.9. The quantitative estimate of drug-likeness (QED) is 0.410. The number of aryl methyl sites for hydroxylation is 2. The van der Waals surface area contributed by atoms with Crippen LogP contribution in [0.2, 0.25) is 5.02 Å². The van der Waals surface area contributed by atoms with E-state index in [0.29, 0.717) is 28.8 Å². The van der Waals surface area contributed by atoms with Crippen molar-refractivity contribution < 1.29 is 13.5 Å². The fourth-order valence-electron chi connectivity index (χ4n) is 3.19. The predicted octanol–water partition coefficient (Wildman–Crippen LogP) is 5.31. The molecule has 2 N–H and O–H groups in total. The van der Waals surface area contributed by atoms with Gasteiger partial charge in [0.15, 0.2) is 5.82 Å². The minimum atomic E-state index is -0.856. The Hall–Kier alpha value is -3.59. The Morgan fingerprint density at radius 2 is 1.94 bits per heavy atom. The number of hydrogen-bond acceptors (Lipinski definition) is 6. The number of halogens is 3. The average Bonchev–Trinajstić information content (AvgIpc) is 2.82. The first-order valence-corrected chi connectivity index (χ1v) is 11.6. The summed E-state index contributed by atoms with van der Waals surface area (Å²) in [6.07, 6.45) is 6.70. The molecule has 36 heavy (non-hydrogen) atoms. The molecule has 0 amide bonds. The number of ether oxygens (including phenoxy) is 1. The molecule has 0 aliphatic rings. The zero-order chi connectivity index (χ0) is 26.6. The molecule has 0 aromatic carbocycles. The molecule has 3 aromatic rings. The van der Waals surface area contributed by atoms with Gasteiger partial charge in [-0.3, -0.25) is 24.3 Å². The van der Waals surface area contributed by atoms with E-state index in [0.717, 1.165) is 18.2 Å². The SMILES string of the molecule is CCC(C)(C)N=CC=C(N)c1cc(-n2c(C)cc(OCc3ncc(F)cc3F)c(Cl)c2=O)c(C)cn1. The van der Waals surface area contributed by atoms with E-state index in [1.165, 1.54) is 4.57 Å². The summed E-state index contributed by atoms with van der Waals surface area (Å²) in [6.45, 7) is 9.29. The highest BCUT2D eigenvalue weighted by atomic mass is 35.5. The van der Waals surface area contributed by atoms with E-state index in [2.05, 4.69) is 21.9 Å². The number of hydrogen-bond donors (Lipinski definition) is 1. The van der Waals surface area contributed by atoms with Crippen LogP contribution in [-0.4, -0.2) is 26.3 Å². The lowest BCUT2D eigenvalue weighted by molar-refractivity contribution is 0.292. The summed E-state index contributed by atoms with van der Waals surface area (Å²) in [5.41, 5.74) is 8.01. The topological polar surface area (TPSA) is 95.4 Å². The second kappa shape index (κ2) is 11.0. The van der Waals surface area contributed by atoms with Crippen LogP contribution >= 0.6 is 11.6 Å². The van der Waals surface area contributed by atoms with E-state index in [-0.39, 0.29) is 28.6 Å². The Kier molecular flexibility index (Phi) is 8.24. The van der Waals surface area contributed by atoms with E-state index >= 15 is 0 Å². The van der Waals surface area contributed by atoms with E-state index < -0.39 is 17.2 Å². The van der Waals surface area contributed by atoms with Gasteiger partial charge in [-0.25, -0.2) is 8.78 Å². The van der Waals surface area contributed by atoms with Crippen molar-refractivity contribution in [1.29, 1.82) is 0 Å². The van der Waals surface area contributed by atoms with Gasteiger partial charge in [-0.05, 0) is 51.8 Å². The highest BCUT2D eigenvalue weighted by Crippen LogP contribution is 2.26. The molecule has 3 aromatic heterocycles. The second-order valence-electron chi connectivity index (χ2n) is 8.90. The maximum absolute atomic E-state index is 13.9. The predicted molar refractivity (Wildman–Crippen MR) is 138 cm³/mol. The Labute approximate surface area is 213 Å². The van der Waals surface area contributed by atoms with Crippen molar-refractivity contribution in [2.45, 2.75) is 53.2 Å². The number of nitrogens with two attached hydrogens (primary N) is 1. The van der Waals surface area contributed by atoms with Crippen molar-refractivity contribution in [2.75, 3.05) is 0 Å². The van der Waals surface area contributed by atoms with Crippen molar-refractivity contribution >= 4 is 23.5 Å². The molecule has 0 atom stereocenters. The molecule has 0 saturated carbocycles. The third kappa shape index (κ3) is 6.15. The highest BCUT2D eigenvalue weighted by molar-refractivity contribution is 6.31. The molecule has 0 bridgehead atoms. The van der Waals surface area contributed by atoms with Crippen LogP contribution in [-0.2, 0) is 6.61 Å². The van der Waals surface area contributed by atoms with Gasteiger partial charge in [-0.1, -0.05) is 18.5 Å². The molecule has 0 fully saturated rings. The van der Waals surface area contributed by atoms with Gasteiger partial charge in [0.1, 0.15) is 28.9 Å². The summed E-state index contributed by atoms with van der Waals surface area (Å²) in [5.74, 6) is -1.60. The van der Waals surface area contributed by atoms with Crippen molar-refractivity contribution in [2.24, 2.45) is 10.7 Å². The van der Waals surface area contributed by atoms with Crippen molar-refractivity contribution in [3.05, 3.63) is 86.3 Å². The number of allylic oxidation sites excluding steroid dienone is 1. The van der Waals surface area contributed by atoms with Crippen LogP contribution in [0.4, 0.5) is 8.78 Å². The second-order valence-corrected chi connectivity index (χ2v) is 9.28.